The molecule has 20 heavy (non-hydrogen) atoms. The lowest BCUT2D eigenvalue weighted by Crippen LogP contribution is -2.34. The molecular formula is C17H19BrN2. The maximum Gasteiger partial charge on any atom is 0.136 e. The number of rotatable bonds is 2. The highest BCUT2D eigenvalue weighted by molar-refractivity contribution is 9.08. The number of alkyl halides is 1. The van der Waals surface area contributed by atoms with Crippen molar-refractivity contribution in [3.8, 4) is 0 Å². The summed E-state index contributed by atoms with van der Waals surface area (Å²) >= 11 is 3.50. The molecule has 0 saturated heterocycles. The van der Waals surface area contributed by atoms with E-state index in [9.17, 15) is 0 Å². The van der Waals surface area contributed by atoms with Crippen molar-refractivity contribution in [2.24, 2.45) is 0 Å². The number of anilines is 2. The van der Waals surface area contributed by atoms with E-state index in [2.05, 4.69) is 65.0 Å². The van der Waals surface area contributed by atoms with E-state index in [-0.39, 0.29) is 0 Å². The van der Waals surface area contributed by atoms with Gasteiger partial charge in [-0.15, -0.1) is 0 Å². The summed E-state index contributed by atoms with van der Waals surface area (Å²) in [5.41, 5.74) is 5.21. The molecule has 0 N–H and O–H groups in total. The minimum atomic E-state index is 0.492. The highest BCUT2D eigenvalue weighted by atomic mass is 79.9. The second kappa shape index (κ2) is 5.57. The summed E-state index contributed by atoms with van der Waals surface area (Å²) < 4.78 is 0. The molecule has 1 aromatic carbocycles. The van der Waals surface area contributed by atoms with Crippen molar-refractivity contribution in [3.05, 3.63) is 53.2 Å². The zero-order chi connectivity index (χ0) is 14.1. The molecule has 1 atom stereocenters. The highest BCUT2D eigenvalue weighted by Crippen LogP contribution is 2.37. The first-order chi connectivity index (χ1) is 9.70. The number of aryl methyl sites for hydroxylation is 2. The van der Waals surface area contributed by atoms with Gasteiger partial charge in [0.05, 0.1) is 0 Å². The van der Waals surface area contributed by atoms with Crippen molar-refractivity contribution in [1.29, 1.82) is 0 Å². The number of para-hydroxylation sites is 1. The third kappa shape index (κ3) is 2.35. The largest absolute Gasteiger partial charge is 0.323 e. The van der Waals surface area contributed by atoms with Gasteiger partial charge in [0.2, 0.25) is 0 Å². The van der Waals surface area contributed by atoms with Crippen LogP contribution in [0.3, 0.4) is 0 Å². The van der Waals surface area contributed by atoms with E-state index in [1.54, 1.807) is 0 Å². The number of nitrogens with zero attached hydrogens (tertiary/aromatic N) is 2. The van der Waals surface area contributed by atoms with E-state index in [1.165, 1.54) is 28.8 Å². The van der Waals surface area contributed by atoms with Crippen LogP contribution in [0.25, 0.3) is 0 Å². The smallest absolute Gasteiger partial charge is 0.136 e. The minimum absolute atomic E-state index is 0.492. The predicted octanol–water partition coefficient (Wildman–Crippen LogP) is 4.76. The quantitative estimate of drug-likeness (QED) is 0.738. The Morgan fingerprint density at radius 3 is 2.90 bits per heavy atom. The van der Waals surface area contributed by atoms with E-state index in [0.29, 0.717) is 6.04 Å². The molecule has 0 saturated carbocycles. The first-order valence-corrected chi connectivity index (χ1v) is 8.21. The predicted molar refractivity (Wildman–Crippen MR) is 88.0 cm³/mol. The molecular weight excluding hydrogens is 312 g/mol. The van der Waals surface area contributed by atoms with E-state index in [1.807, 2.05) is 6.20 Å². The molecule has 0 spiro atoms. The van der Waals surface area contributed by atoms with Gasteiger partial charge < -0.3 is 4.90 Å². The maximum absolute atomic E-state index is 4.72. The molecule has 104 valence electrons. The first kappa shape index (κ1) is 13.6. The molecule has 3 rings (SSSR count). The molecule has 2 nitrogen and oxygen atoms in total. The van der Waals surface area contributed by atoms with E-state index < -0.39 is 0 Å². The Hall–Kier alpha value is -1.35. The Morgan fingerprint density at radius 2 is 2.15 bits per heavy atom. The number of hydrogen-bond acceptors (Lipinski definition) is 2. The standard InChI is InChI=1S/C17H19BrN2/c1-12-9-14(10-18)11-19-17(12)20-13(2)7-8-15-5-3-4-6-16(15)20/h3-6,9,11,13H,7-8,10H2,1-2H3. The topological polar surface area (TPSA) is 16.1 Å². The molecule has 1 aliphatic heterocycles. The average Bonchev–Trinajstić information content (AvgIpc) is 2.48. The number of aromatic nitrogens is 1. The molecule has 0 fully saturated rings. The van der Waals surface area contributed by atoms with Gasteiger partial charge in [-0.3, -0.25) is 0 Å². The van der Waals surface area contributed by atoms with E-state index in [4.69, 9.17) is 4.98 Å². The lowest BCUT2D eigenvalue weighted by atomic mass is 9.96. The molecule has 0 amide bonds. The van der Waals surface area contributed by atoms with Crippen molar-refractivity contribution in [2.45, 2.75) is 38.1 Å². The van der Waals surface area contributed by atoms with Crippen LogP contribution in [0.15, 0.2) is 36.5 Å². The zero-order valence-electron chi connectivity index (χ0n) is 11.9. The number of hydrogen-bond donors (Lipinski definition) is 0. The molecule has 1 aliphatic rings. The van der Waals surface area contributed by atoms with Crippen LogP contribution >= 0.6 is 15.9 Å². The van der Waals surface area contributed by atoms with Crippen LogP contribution < -0.4 is 4.90 Å². The Kier molecular flexibility index (Phi) is 3.79. The van der Waals surface area contributed by atoms with Gasteiger partial charge >= 0.3 is 0 Å². The minimum Gasteiger partial charge on any atom is -0.323 e. The summed E-state index contributed by atoms with van der Waals surface area (Å²) in [6.45, 7) is 4.44. The van der Waals surface area contributed by atoms with Crippen LogP contribution in [0.1, 0.15) is 30.0 Å². The summed E-state index contributed by atoms with van der Waals surface area (Å²) in [4.78, 5) is 7.11. The monoisotopic (exact) mass is 330 g/mol. The van der Waals surface area contributed by atoms with Gasteiger partial charge in [0.15, 0.2) is 0 Å². The molecule has 2 heterocycles. The number of halogens is 1. The average molecular weight is 331 g/mol. The Labute approximate surface area is 129 Å². The van der Waals surface area contributed by atoms with Gasteiger partial charge in [0.1, 0.15) is 5.82 Å². The van der Waals surface area contributed by atoms with Crippen LogP contribution in [0.5, 0.6) is 0 Å². The third-order valence-electron chi connectivity index (χ3n) is 4.01. The van der Waals surface area contributed by atoms with Crippen LogP contribution in [-0.4, -0.2) is 11.0 Å². The van der Waals surface area contributed by atoms with Gasteiger partial charge in [-0.1, -0.05) is 40.2 Å². The number of fused-ring (bicyclic) bond motifs is 1. The van der Waals surface area contributed by atoms with Crippen molar-refractivity contribution in [2.75, 3.05) is 4.90 Å². The van der Waals surface area contributed by atoms with Crippen molar-refractivity contribution >= 4 is 27.4 Å². The Morgan fingerprint density at radius 1 is 1.35 bits per heavy atom. The van der Waals surface area contributed by atoms with Crippen molar-refractivity contribution < 1.29 is 0 Å². The van der Waals surface area contributed by atoms with E-state index in [0.717, 1.165) is 17.6 Å². The lowest BCUT2D eigenvalue weighted by molar-refractivity contribution is 0.612. The van der Waals surface area contributed by atoms with Gasteiger partial charge in [-0.2, -0.15) is 0 Å². The summed E-state index contributed by atoms with van der Waals surface area (Å²) in [7, 11) is 0. The van der Waals surface area contributed by atoms with E-state index >= 15 is 0 Å². The fourth-order valence-electron chi connectivity index (χ4n) is 2.96. The molecule has 1 aromatic heterocycles. The fraction of sp³-hybridized carbons (Fsp3) is 0.353. The van der Waals surface area contributed by atoms with Crippen molar-refractivity contribution in [3.63, 3.8) is 0 Å². The van der Waals surface area contributed by atoms with Crippen LogP contribution in [0.4, 0.5) is 11.5 Å². The van der Waals surface area contributed by atoms with Gasteiger partial charge in [-0.25, -0.2) is 4.98 Å². The summed E-state index contributed by atoms with van der Waals surface area (Å²) in [5, 5.41) is 0.854. The molecule has 2 aromatic rings. The second-order valence-corrected chi connectivity index (χ2v) is 6.06. The Bertz CT molecular complexity index is 624. The summed E-state index contributed by atoms with van der Waals surface area (Å²) in [5.74, 6) is 1.09. The summed E-state index contributed by atoms with van der Waals surface area (Å²) in [6, 6.07) is 11.4. The molecule has 1 unspecified atom stereocenters. The summed E-state index contributed by atoms with van der Waals surface area (Å²) in [6.07, 6.45) is 4.31. The Balaban J connectivity index is 2.09. The van der Waals surface area contributed by atoms with Crippen molar-refractivity contribution in [1.82, 2.24) is 4.98 Å². The highest BCUT2D eigenvalue weighted by Gasteiger charge is 2.25. The normalized spacial score (nSPS) is 17.9. The molecule has 0 aliphatic carbocycles. The number of pyridine rings is 1. The van der Waals surface area contributed by atoms with Gasteiger partial charge in [0.25, 0.3) is 0 Å². The van der Waals surface area contributed by atoms with Gasteiger partial charge in [-0.05, 0) is 49.4 Å². The molecule has 0 radical (unpaired) electrons. The SMILES string of the molecule is Cc1cc(CBr)cnc1N1c2ccccc2CCC1C. The van der Waals surface area contributed by atoms with Crippen LogP contribution in [-0.2, 0) is 11.8 Å². The molecule has 0 bridgehead atoms. The molecule has 3 heteroatoms. The van der Waals surface area contributed by atoms with Crippen LogP contribution in [0.2, 0.25) is 0 Å². The fourth-order valence-corrected chi connectivity index (χ4v) is 3.27. The number of benzene rings is 1. The third-order valence-corrected chi connectivity index (χ3v) is 4.66. The van der Waals surface area contributed by atoms with Gasteiger partial charge in [0, 0.05) is 23.3 Å². The lowest BCUT2D eigenvalue weighted by Gasteiger charge is -2.37. The second-order valence-electron chi connectivity index (χ2n) is 5.50. The van der Waals surface area contributed by atoms with Crippen LogP contribution in [0, 0.1) is 6.92 Å². The zero-order valence-corrected chi connectivity index (χ0v) is 13.5. The first-order valence-electron chi connectivity index (χ1n) is 7.09. The maximum atomic E-state index is 4.72.